The molecule has 4 unspecified atom stereocenters. The summed E-state index contributed by atoms with van der Waals surface area (Å²) >= 11 is 0. The van der Waals surface area contributed by atoms with Crippen molar-refractivity contribution in [2.24, 2.45) is 17.8 Å². The van der Waals surface area contributed by atoms with E-state index in [1.807, 2.05) is 0 Å². The minimum atomic E-state index is -6.40. The van der Waals surface area contributed by atoms with Gasteiger partial charge in [0.15, 0.2) is 5.75 Å². The summed E-state index contributed by atoms with van der Waals surface area (Å²) in [7, 11) is -10.5. The Kier molecular flexibility index (Phi) is 10.7. The SMILES string of the molecule is O=C(CS(=O)(=O)O)OC1CCCCC(C2CCCC(C(=O)OC(CS(=O)(=O)O)(C(F)(F)F)C(F)(F)F)C2)CC1. The smallest absolute Gasteiger partial charge is 0.438 e. The first-order valence-corrected chi connectivity index (χ1v) is 15.3. The Labute approximate surface area is 221 Å². The highest BCUT2D eigenvalue weighted by molar-refractivity contribution is 7.86. The largest absolute Gasteiger partial charge is 0.462 e. The van der Waals surface area contributed by atoms with E-state index in [2.05, 4.69) is 4.74 Å². The normalized spacial score (nSPS) is 26.3. The second kappa shape index (κ2) is 12.5. The second-order valence-corrected chi connectivity index (χ2v) is 13.0. The maximum absolute atomic E-state index is 13.5. The first-order chi connectivity index (χ1) is 17.6. The molecule has 0 saturated heterocycles. The second-order valence-electron chi connectivity index (χ2n) is 10.1. The molecule has 0 spiro atoms. The van der Waals surface area contributed by atoms with Gasteiger partial charge in [-0.2, -0.15) is 43.2 Å². The highest BCUT2D eigenvalue weighted by Gasteiger charge is 2.76. The molecule has 2 aliphatic rings. The van der Waals surface area contributed by atoms with Crippen molar-refractivity contribution >= 4 is 32.2 Å². The Morgan fingerprint density at radius 2 is 1.31 bits per heavy atom. The predicted molar refractivity (Wildman–Crippen MR) is 120 cm³/mol. The summed E-state index contributed by atoms with van der Waals surface area (Å²) in [6, 6.07) is 0. The van der Waals surface area contributed by atoms with Crippen LogP contribution in [0.4, 0.5) is 26.3 Å². The molecule has 0 amide bonds. The van der Waals surface area contributed by atoms with E-state index in [1.165, 1.54) is 0 Å². The van der Waals surface area contributed by atoms with Crippen LogP contribution < -0.4 is 0 Å². The molecule has 2 saturated carbocycles. The van der Waals surface area contributed by atoms with E-state index >= 15 is 0 Å². The summed E-state index contributed by atoms with van der Waals surface area (Å²) in [5.41, 5.74) is -5.45. The van der Waals surface area contributed by atoms with Gasteiger partial charge in [-0.15, -0.1) is 0 Å². The minimum absolute atomic E-state index is 0.0877. The van der Waals surface area contributed by atoms with Crippen molar-refractivity contribution < 1.29 is 71.3 Å². The molecule has 4 atom stereocenters. The maximum atomic E-state index is 13.5. The van der Waals surface area contributed by atoms with Crippen LogP contribution in [0.3, 0.4) is 0 Å². The maximum Gasteiger partial charge on any atom is 0.438 e. The van der Waals surface area contributed by atoms with Gasteiger partial charge in [0, 0.05) is 0 Å². The molecule has 10 nitrogen and oxygen atoms in total. The summed E-state index contributed by atoms with van der Waals surface area (Å²) in [5, 5.41) is 0. The summed E-state index contributed by atoms with van der Waals surface area (Å²) < 4.78 is 152. The van der Waals surface area contributed by atoms with Crippen LogP contribution in [0.1, 0.15) is 64.2 Å². The standard InChI is InChI=1S/C21H30F6O10S2/c22-20(23,24)19(21(25,26)27,12-39(33,34)35)37-18(29)15-6-3-5-14(10-15)13-4-1-2-7-16(9-8-13)36-17(28)11-38(30,31)32/h13-16H,1-12H2,(H,30,31,32)(H,33,34,35). The highest BCUT2D eigenvalue weighted by atomic mass is 32.2. The van der Waals surface area contributed by atoms with Crippen LogP contribution in [0.2, 0.25) is 0 Å². The molecule has 0 heterocycles. The van der Waals surface area contributed by atoms with Gasteiger partial charge >= 0.3 is 29.9 Å². The molecule has 0 aromatic carbocycles. The van der Waals surface area contributed by atoms with Gasteiger partial charge in [0.25, 0.3) is 20.2 Å². The monoisotopic (exact) mass is 620 g/mol. The molecule has 0 aliphatic heterocycles. The average molecular weight is 621 g/mol. The van der Waals surface area contributed by atoms with Gasteiger partial charge < -0.3 is 9.47 Å². The quantitative estimate of drug-likeness (QED) is 0.232. The molecule has 0 aromatic heterocycles. The van der Waals surface area contributed by atoms with Gasteiger partial charge in [-0.1, -0.05) is 25.7 Å². The van der Waals surface area contributed by atoms with Crippen LogP contribution in [-0.4, -0.2) is 73.4 Å². The van der Waals surface area contributed by atoms with Gasteiger partial charge in [0.05, 0.1) is 5.92 Å². The summed E-state index contributed by atoms with van der Waals surface area (Å²) in [4.78, 5) is 24.3. The number of alkyl halides is 6. The van der Waals surface area contributed by atoms with Crippen molar-refractivity contribution in [2.75, 3.05) is 11.5 Å². The number of hydrogen-bond donors (Lipinski definition) is 2. The highest BCUT2D eigenvalue weighted by Crippen LogP contribution is 2.48. The summed E-state index contributed by atoms with van der Waals surface area (Å²) in [6.45, 7) is 0. The zero-order valence-corrected chi connectivity index (χ0v) is 22.2. The van der Waals surface area contributed by atoms with E-state index in [9.17, 15) is 52.8 Å². The molecule has 0 aromatic rings. The molecular formula is C21H30F6O10S2. The van der Waals surface area contributed by atoms with E-state index < -0.39 is 73.7 Å². The third-order valence-electron chi connectivity index (χ3n) is 7.10. The summed E-state index contributed by atoms with van der Waals surface area (Å²) in [6.07, 6.45) is -9.93. The number of hydrogen-bond acceptors (Lipinski definition) is 8. The molecule has 0 radical (unpaired) electrons. The first kappa shape index (κ1) is 33.5. The first-order valence-electron chi connectivity index (χ1n) is 12.1. The molecule has 2 aliphatic carbocycles. The molecule has 2 fully saturated rings. The topological polar surface area (TPSA) is 161 Å². The van der Waals surface area contributed by atoms with Gasteiger partial charge in [-0.05, 0) is 50.4 Å². The third-order valence-corrected chi connectivity index (χ3v) is 8.47. The van der Waals surface area contributed by atoms with Crippen molar-refractivity contribution in [1.82, 2.24) is 0 Å². The minimum Gasteiger partial charge on any atom is -0.462 e. The molecule has 2 rings (SSSR count). The van der Waals surface area contributed by atoms with Crippen molar-refractivity contribution in [3.05, 3.63) is 0 Å². The Morgan fingerprint density at radius 1 is 0.744 bits per heavy atom. The number of carbonyl (C=O) groups is 2. The number of carbonyl (C=O) groups excluding carboxylic acids is 2. The van der Waals surface area contributed by atoms with Crippen molar-refractivity contribution in [3.63, 3.8) is 0 Å². The number of rotatable bonds is 8. The van der Waals surface area contributed by atoms with Crippen molar-refractivity contribution in [1.29, 1.82) is 0 Å². The van der Waals surface area contributed by atoms with Crippen LogP contribution in [0.15, 0.2) is 0 Å². The van der Waals surface area contributed by atoms with Crippen LogP contribution in [0, 0.1) is 17.8 Å². The van der Waals surface area contributed by atoms with Gasteiger partial charge in [-0.3, -0.25) is 18.7 Å². The predicted octanol–water partition coefficient (Wildman–Crippen LogP) is 3.86. The van der Waals surface area contributed by atoms with E-state index in [0.717, 1.165) is 0 Å². The van der Waals surface area contributed by atoms with Crippen LogP contribution in [0.5, 0.6) is 0 Å². The average Bonchev–Trinajstić information content (AvgIpc) is 2.71. The third kappa shape index (κ3) is 9.74. The van der Waals surface area contributed by atoms with Crippen LogP contribution in [0.25, 0.3) is 0 Å². The molecular weight excluding hydrogens is 590 g/mol. The molecule has 18 heteroatoms. The van der Waals surface area contributed by atoms with Crippen LogP contribution in [-0.2, 0) is 39.3 Å². The zero-order chi connectivity index (χ0) is 29.9. The number of ether oxygens (including phenoxy) is 2. The lowest BCUT2D eigenvalue weighted by Gasteiger charge is -2.39. The van der Waals surface area contributed by atoms with Crippen molar-refractivity contribution in [3.8, 4) is 0 Å². The fraction of sp³-hybridized carbons (Fsp3) is 0.905. The summed E-state index contributed by atoms with van der Waals surface area (Å²) in [5.74, 6) is -9.00. The Balaban J connectivity index is 2.14. The fourth-order valence-electron chi connectivity index (χ4n) is 5.28. The number of halogens is 6. The number of esters is 2. The molecule has 39 heavy (non-hydrogen) atoms. The van der Waals surface area contributed by atoms with E-state index in [4.69, 9.17) is 13.8 Å². The van der Waals surface area contributed by atoms with E-state index in [1.54, 1.807) is 0 Å². The van der Waals surface area contributed by atoms with Crippen LogP contribution >= 0.6 is 0 Å². The van der Waals surface area contributed by atoms with Gasteiger partial charge in [0.1, 0.15) is 11.9 Å². The van der Waals surface area contributed by atoms with Crippen molar-refractivity contribution in [2.45, 2.75) is 88.3 Å². The van der Waals surface area contributed by atoms with E-state index in [0.29, 0.717) is 38.5 Å². The molecule has 2 N–H and O–H groups in total. The van der Waals surface area contributed by atoms with E-state index in [-0.39, 0.29) is 37.5 Å². The lowest BCUT2D eigenvalue weighted by Crippen LogP contribution is -2.64. The van der Waals surface area contributed by atoms with Gasteiger partial charge in [-0.25, -0.2) is 0 Å². The zero-order valence-electron chi connectivity index (χ0n) is 20.5. The van der Waals surface area contributed by atoms with Gasteiger partial charge in [0.2, 0.25) is 0 Å². The lowest BCUT2D eigenvalue weighted by atomic mass is 9.71. The fourth-order valence-corrected chi connectivity index (χ4v) is 6.54. The Hall–Kier alpha value is -1.66. The molecule has 228 valence electrons. The Morgan fingerprint density at radius 3 is 1.85 bits per heavy atom. The lowest BCUT2D eigenvalue weighted by molar-refractivity contribution is -0.362. The Bertz CT molecular complexity index is 1070. The molecule has 0 bridgehead atoms.